The van der Waals surface area contributed by atoms with Gasteiger partial charge in [-0.05, 0) is 0 Å². The van der Waals surface area contributed by atoms with Gasteiger partial charge in [-0.25, -0.2) is 0 Å². The second kappa shape index (κ2) is 72.4. The van der Waals surface area contributed by atoms with E-state index < -0.39 is 188 Å². The molecule has 0 fully saturated rings. The summed E-state index contributed by atoms with van der Waals surface area (Å²) in [5.74, 6) is 0. The van der Waals surface area contributed by atoms with Gasteiger partial charge in [0.25, 0.3) is 0 Å². The van der Waals surface area contributed by atoms with Gasteiger partial charge in [-0.15, -0.1) is 0 Å². The molecule has 0 bridgehead atoms. The second-order valence-electron chi connectivity index (χ2n) is 12.4. The van der Waals surface area contributed by atoms with E-state index in [2.05, 4.69) is 0 Å². The fraction of sp³-hybridized carbons (Fsp3) is 1.00. The van der Waals surface area contributed by atoms with E-state index in [-0.39, 0.29) is 340 Å². The summed E-state index contributed by atoms with van der Waals surface area (Å²) in [6.07, 6.45) is -32.0. The minimum atomic E-state index is -1.67. The van der Waals surface area contributed by atoms with E-state index in [1.165, 1.54) is 0 Å². The van der Waals surface area contributed by atoms with Crippen molar-refractivity contribution in [2.75, 3.05) is 66.1 Å². The summed E-state index contributed by atoms with van der Waals surface area (Å²) in [6.45, 7) is -7.26. The van der Waals surface area contributed by atoms with E-state index in [0.29, 0.717) is 0 Å². The van der Waals surface area contributed by atoms with E-state index in [9.17, 15) is 0 Å². The monoisotopic (exact) mass is 1270 g/mol. The van der Waals surface area contributed by atoms with Crippen LogP contribution in [0.2, 0.25) is 0 Å². The van der Waals surface area contributed by atoms with Crippen LogP contribution < -0.4 is 0 Å². The molecule has 30 nitrogen and oxygen atoms in total. The van der Waals surface area contributed by atoms with Gasteiger partial charge in [0.1, 0.15) is 122 Å². The smallest absolute Gasteiger partial charge is 0.111 e. The summed E-state index contributed by atoms with van der Waals surface area (Å²) in [6, 6.07) is 0. The molecule has 0 heterocycles. The Morgan fingerprint density at radius 2 is 0.174 bits per heavy atom. The third kappa shape index (κ3) is 55.8. The fourth-order valence-corrected chi connectivity index (χ4v) is 3.36. The molecule has 0 saturated heterocycles. The zero-order valence-electron chi connectivity index (χ0n) is 35.2. The molecule has 0 aromatic carbocycles. The van der Waals surface area contributed by atoms with Crippen molar-refractivity contribution in [1.82, 2.24) is 0 Å². The molecule has 0 aliphatic carbocycles. The molecular weight excluding hydrogens is 1200 g/mol. The van der Waals surface area contributed by atoms with Gasteiger partial charge in [0, 0.05) is 340 Å². The Bertz CT molecular complexity index is 724. The predicted molar refractivity (Wildman–Crippen MR) is 191 cm³/mol. The summed E-state index contributed by atoms with van der Waals surface area (Å²) in [7, 11) is 0. The Labute approximate surface area is 666 Å². The van der Waals surface area contributed by atoms with Crippen LogP contribution in [-0.2, 0) is 0 Å². The van der Waals surface area contributed by atoms with Gasteiger partial charge in [0.15, 0.2) is 0 Å². The first kappa shape index (κ1) is 114. The summed E-state index contributed by atoms with van der Waals surface area (Å²) < 4.78 is 0. The number of aliphatic hydroxyl groups excluding tert-OH is 30. The van der Waals surface area contributed by atoms with Crippen molar-refractivity contribution in [2.24, 2.45) is 0 Å². The van der Waals surface area contributed by atoms with E-state index in [1.54, 1.807) is 0 Å². The SMILES string of the molecule is OC[C@@H](O)[C@@H](O)[C@H](O)[C@H](O)CO.OC[C@@H](O)[C@@H](O)[C@H](O)[C@H](O)CO.OC[C@@H](O)[C@@H](O)[C@H](O)[C@H](O)CO.OC[C@@H](O)[C@@H](O)[C@H](O)[C@H](O)CO.OC[C@@H](O)[C@@H](O)[C@H](O)[C@H](O)CO.[Ar].[Ar].[Ar].[Ar].[Ar].[Ar].[Ar].[Ar].[Ar]. The van der Waals surface area contributed by atoms with Crippen LogP contribution in [0.5, 0.6) is 0 Å². The molecule has 30 N–H and O–H groups in total. The largest absolute Gasteiger partial charge is 0.394 e. The van der Waals surface area contributed by atoms with Crippen molar-refractivity contribution >= 4 is 0 Å². The van der Waals surface area contributed by atoms with Crippen molar-refractivity contribution in [1.29, 1.82) is 0 Å². The van der Waals surface area contributed by atoms with Crippen LogP contribution in [0, 0.1) is 340 Å². The maximum Gasteiger partial charge on any atom is 0.111 e. The molecule has 0 aliphatic heterocycles. The van der Waals surface area contributed by atoms with Crippen LogP contribution in [0.15, 0.2) is 0 Å². The molecule has 69 heavy (non-hydrogen) atoms. The van der Waals surface area contributed by atoms with Crippen LogP contribution in [-0.4, -0.2) is 341 Å². The van der Waals surface area contributed by atoms with Gasteiger partial charge >= 0.3 is 0 Å². The van der Waals surface area contributed by atoms with Gasteiger partial charge in [0.05, 0.1) is 66.1 Å². The summed E-state index contributed by atoms with van der Waals surface area (Å²) >= 11 is 0. The van der Waals surface area contributed by atoms with Gasteiger partial charge in [-0.1, -0.05) is 0 Å². The molecule has 442 valence electrons. The van der Waals surface area contributed by atoms with E-state index in [4.69, 9.17) is 153 Å². The van der Waals surface area contributed by atoms with E-state index in [1.807, 2.05) is 0 Å². The van der Waals surface area contributed by atoms with E-state index >= 15 is 0 Å². The number of hydrogen-bond donors (Lipinski definition) is 30. The Kier molecular flexibility index (Phi) is 119. The molecule has 0 saturated carbocycles. The van der Waals surface area contributed by atoms with Crippen LogP contribution in [0.3, 0.4) is 0 Å². The third-order valence-corrected chi connectivity index (χ3v) is 7.56. The van der Waals surface area contributed by atoms with Gasteiger partial charge in [0.2, 0.25) is 0 Å². The van der Waals surface area contributed by atoms with E-state index in [0.717, 1.165) is 0 Å². The Morgan fingerprint density at radius 3 is 0.203 bits per heavy atom. The number of aliphatic hydroxyl groups is 30. The molecule has 0 rings (SSSR count). The van der Waals surface area contributed by atoms with Crippen molar-refractivity contribution in [3.05, 3.63) is 0 Å². The molecule has 0 radical (unpaired) electrons. The normalized spacial score (nSPS) is 18.7. The molecule has 0 amide bonds. The first-order chi connectivity index (χ1) is 27.7. The molecular formula is C30H70Ar9O30. The number of hydrogen-bond acceptors (Lipinski definition) is 30. The average molecular weight is 1270 g/mol. The Balaban J connectivity index is -0.0000000442. The maximum absolute atomic E-state index is 8.96. The summed E-state index contributed by atoms with van der Waals surface area (Å²) in [5.41, 5.74) is 0. The Hall–Kier alpha value is 10.1. The summed E-state index contributed by atoms with van der Waals surface area (Å²) in [4.78, 5) is 0. The van der Waals surface area contributed by atoms with Gasteiger partial charge < -0.3 is 153 Å². The minimum Gasteiger partial charge on any atom is -0.394 e. The second-order valence-corrected chi connectivity index (χ2v) is 12.4. The molecule has 39 heteroatoms. The van der Waals surface area contributed by atoms with Gasteiger partial charge in [-0.3, -0.25) is 0 Å². The molecule has 0 aliphatic rings. The quantitative estimate of drug-likeness (QED) is 0.0404. The first-order valence-electron chi connectivity index (χ1n) is 17.4. The van der Waals surface area contributed by atoms with Crippen LogP contribution in [0.25, 0.3) is 0 Å². The molecule has 0 spiro atoms. The van der Waals surface area contributed by atoms with Crippen LogP contribution in [0.1, 0.15) is 0 Å². The number of rotatable bonds is 25. The molecule has 0 unspecified atom stereocenters. The first-order valence-corrected chi connectivity index (χ1v) is 17.4. The third-order valence-electron chi connectivity index (χ3n) is 7.56. The average Bonchev–Trinajstić information content (AvgIpc) is 3.28. The van der Waals surface area contributed by atoms with Crippen LogP contribution >= 0.6 is 0 Å². The zero-order valence-corrected chi connectivity index (χ0v) is 41.6. The molecule has 0 aromatic rings. The van der Waals surface area contributed by atoms with Gasteiger partial charge in [-0.2, -0.15) is 0 Å². The maximum atomic E-state index is 8.96. The standard InChI is InChI=1S/5C6H14O6.9Ar/c5*7-1-3(9)5(11)6(12)4(10)2-8;;;;;;;;;/h5*3-12H,1-2H2;;;;;;;;;/t5*3-,4-,5-,6-;;;;;;;;;/m11111........./s1. The minimum absolute atomic E-state index is 0. The fourth-order valence-electron chi connectivity index (χ4n) is 3.36. The van der Waals surface area contributed by atoms with Crippen LogP contribution in [0.4, 0.5) is 0 Å². The van der Waals surface area contributed by atoms with Crippen molar-refractivity contribution in [3.63, 3.8) is 0 Å². The Morgan fingerprint density at radius 1 is 0.130 bits per heavy atom. The van der Waals surface area contributed by atoms with Crippen molar-refractivity contribution in [2.45, 2.75) is 122 Å². The molecule has 20 atom stereocenters. The summed E-state index contributed by atoms with van der Waals surface area (Å²) in [5, 5.41) is 261. The topological polar surface area (TPSA) is 607 Å². The zero-order chi connectivity index (χ0) is 48.6. The predicted octanol–water partition coefficient (Wildman–Crippen LogP) is -17.9. The van der Waals surface area contributed by atoms with Crippen molar-refractivity contribution < 1.29 is 493 Å². The van der Waals surface area contributed by atoms with Crippen molar-refractivity contribution in [3.8, 4) is 0 Å². The molecule has 0 aromatic heterocycles.